The van der Waals surface area contributed by atoms with E-state index in [0.29, 0.717) is 19.5 Å². The van der Waals surface area contributed by atoms with E-state index < -0.39 is 0 Å². The van der Waals surface area contributed by atoms with E-state index in [-0.39, 0.29) is 11.9 Å². The molecular formula is C10H17N5O. The second-order valence-electron chi connectivity index (χ2n) is 4.15. The first-order valence-corrected chi connectivity index (χ1v) is 5.61. The van der Waals surface area contributed by atoms with E-state index in [2.05, 4.69) is 10.1 Å². The van der Waals surface area contributed by atoms with E-state index in [0.717, 1.165) is 19.4 Å². The first kappa shape index (κ1) is 11.1. The van der Waals surface area contributed by atoms with Crippen LogP contribution in [0.1, 0.15) is 19.3 Å². The maximum atomic E-state index is 11.8. The molecule has 0 bridgehead atoms. The number of rotatable bonds is 3. The summed E-state index contributed by atoms with van der Waals surface area (Å²) in [6, 6.07) is 0.143. The van der Waals surface area contributed by atoms with Crippen molar-refractivity contribution in [2.75, 3.05) is 13.1 Å². The van der Waals surface area contributed by atoms with Crippen molar-refractivity contribution in [2.24, 2.45) is 5.73 Å². The number of hydrogen-bond donors (Lipinski definition) is 1. The number of aryl methyl sites for hydroxylation is 1. The summed E-state index contributed by atoms with van der Waals surface area (Å²) in [5, 5.41) is 3.96. The van der Waals surface area contributed by atoms with Crippen LogP contribution in [0.15, 0.2) is 12.7 Å². The SMILES string of the molecule is N[C@@H]1CCCN(C(=O)CCn2cncn2)C1. The summed E-state index contributed by atoms with van der Waals surface area (Å²) in [7, 11) is 0. The van der Waals surface area contributed by atoms with Gasteiger partial charge in [0.2, 0.25) is 5.91 Å². The maximum absolute atomic E-state index is 11.8. The molecule has 1 aromatic rings. The molecule has 2 heterocycles. The fourth-order valence-electron chi connectivity index (χ4n) is 1.95. The van der Waals surface area contributed by atoms with Gasteiger partial charge >= 0.3 is 0 Å². The van der Waals surface area contributed by atoms with Crippen LogP contribution < -0.4 is 5.73 Å². The Balaban J connectivity index is 1.79. The summed E-state index contributed by atoms with van der Waals surface area (Å²) in [5.41, 5.74) is 5.83. The average molecular weight is 223 g/mol. The van der Waals surface area contributed by atoms with Crippen molar-refractivity contribution in [1.82, 2.24) is 19.7 Å². The Kier molecular flexibility index (Phi) is 3.51. The third-order valence-corrected chi connectivity index (χ3v) is 2.83. The summed E-state index contributed by atoms with van der Waals surface area (Å²) in [6.07, 6.45) is 5.59. The number of nitrogens with two attached hydrogens (primary N) is 1. The van der Waals surface area contributed by atoms with Crippen molar-refractivity contribution in [3.05, 3.63) is 12.7 Å². The summed E-state index contributed by atoms with van der Waals surface area (Å²) in [5.74, 6) is 0.158. The second-order valence-corrected chi connectivity index (χ2v) is 4.15. The fraction of sp³-hybridized carbons (Fsp3) is 0.700. The molecule has 2 rings (SSSR count). The van der Waals surface area contributed by atoms with Gasteiger partial charge in [-0.05, 0) is 12.8 Å². The minimum absolute atomic E-state index is 0.143. The lowest BCUT2D eigenvalue weighted by Gasteiger charge is -2.30. The molecule has 6 heteroatoms. The van der Waals surface area contributed by atoms with Crippen LogP contribution in [0.25, 0.3) is 0 Å². The van der Waals surface area contributed by atoms with Crippen LogP contribution in [0.3, 0.4) is 0 Å². The second kappa shape index (κ2) is 5.07. The highest BCUT2D eigenvalue weighted by Crippen LogP contribution is 2.09. The Labute approximate surface area is 94.4 Å². The molecule has 6 nitrogen and oxygen atoms in total. The molecule has 0 aromatic carbocycles. The first-order chi connectivity index (χ1) is 7.75. The predicted octanol–water partition coefficient (Wildman–Crippen LogP) is -0.382. The molecule has 1 aliphatic heterocycles. The summed E-state index contributed by atoms with van der Waals surface area (Å²) in [6.45, 7) is 2.12. The summed E-state index contributed by atoms with van der Waals surface area (Å²) < 4.78 is 1.67. The molecule has 1 saturated heterocycles. The molecule has 0 saturated carbocycles. The van der Waals surface area contributed by atoms with Crippen LogP contribution >= 0.6 is 0 Å². The Bertz CT molecular complexity index is 337. The third kappa shape index (κ3) is 2.79. The predicted molar refractivity (Wildman–Crippen MR) is 58.4 cm³/mol. The normalized spacial score (nSPS) is 21.1. The van der Waals surface area contributed by atoms with Gasteiger partial charge in [0, 0.05) is 25.6 Å². The average Bonchev–Trinajstić information content (AvgIpc) is 2.78. The lowest BCUT2D eigenvalue weighted by atomic mass is 10.1. The molecular weight excluding hydrogens is 206 g/mol. The highest BCUT2D eigenvalue weighted by atomic mass is 16.2. The quantitative estimate of drug-likeness (QED) is 0.757. The van der Waals surface area contributed by atoms with Gasteiger partial charge in [-0.25, -0.2) is 4.98 Å². The minimum atomic E-state index is 0.143. The Morgan fingerprint density at radius 2 is 2.44 bits per heavy atom. The molecule has 1 atom stereocenters. The number of carbonyl (C=O) groups excluding carboxylic acids is 1. The Morgan fingerprint density at radius 1 is 1.56 bits per heavy atom. The zero-order valence-corrected chi connectivity index (χ0v) is 9.25. The van der Waals surface area contributed by atoms with E-state index in [4.69, 9.17) is 5.73 Å². The van der Waals surface area contributed by atoms with Crippen molar-refractivity contribution < 1.29 is 4.79 Å². The van der Waals surface area contributed by atoms with E-state index in [1.54, 1.807) is 11.0 Å². The molecule has 1 aromatic heterocycles. The topological polar surface area (TPSA) is 77.0 Å². The number of aromatic nitrogens is 3. The van der Waals surface area contributed by atoms with Crippen LogP contribution in [0.5, 0.6) is 0 Å². The molecule has 88 valence electrons. The lowest BCUT2D eigenvalue weighted by Crippen LogP contribution is -2.45. The van der Waals surface area contributed by atoms with Crippen molar-refractivity contribution >= 4 is 5.91 Å². The van der Waals surface area contributed by atoms with Gasteiger partial charge in [0.05, 0.1) is 6.54 Å². The fourth-order valence-corrected chi connectivity index (χ4v) is 1.95. The van der Waals surface area contributed by atoms with E-state index in [9.17, 15) is 4.79 Å². The molecule has 0 radical (unpaired) electrons. The van der Waals surface area contributed by atoms with Gasteiger partial charge in [0.1, 0.15) is 12.7 Å². The highest BCUT2D eigenvalue weighted by Gasteiger charge is 2.20. The Hall–Kier alpha value is -1.43. The number of likely N-dealkylation sites (tertiary alicyclic amines) is 1. The van der Waals surface area contributed by atoms with Crippen LogP contribution in [0, 0.1) is 0 Å². The van der Waals surface area contributed by atoms with Gasteiger partial charge < -0.3 is 10.6 Å². The number of carbonyl (C=O) groups is 1. The maximum Gasteiger partial charge on any atom is 0.224 e. The molecule has 2 N–H and O–H groups in total. The molecule has 0 unspecified atom stereocenters. The minimum Gasteiger partial charge on any atom is -0.341 e. The lowest BCUT2D eigenvalue weighted by molar-refractivity contribution is -0.132. The summed E-state index contributed by atoms with van der Waals surface area (Å²) >= 11 is 0. The first-order valence-electron chi connectivity index (χ1n) is 5.61. The van der Waals surface area contributed by atoms with Crippen molar-refractivity contribution in [3.63, 3.8) is 0 Å². The number of nitrogens with zero attached hydrogens (tertiary/aromatic N) is 4. The highest BCUT2D eigenvalue weighted by molar-refractivity contribution is 5.76. The van der Waals surface area contributed by atoms with Gasteiger partial charge in [0.25, 0.3) is 0 Å². The molecule has 1 amide bonds. The number of amides is 1. The molecule has 1 aliphatic rings. The van der Waals surface area contributed by atoms with E-state index in [1.165, 1.54) is 6.33 Å². The van der Waals surface area contributed by atoms with E-state index >= 15 is 0 Å². The van der Waals surface area contributed by atoms with Crippen molar-refractivity contribution in [3.8, 4) is 0 Å². The standard InChI is InChI=1S/C10H17N5O/c11-9-2-1-4-14(6-9)10(16)3-5-15-8-12-7-13-15/h7-9H,1-6,11H2/t9-/m1/s1. The summed E-state index contributed by atoms with van der Waals surface area (Å²) in [4.78, 5) is 17.5. The van der Waals surface area contributed by atoms with Crippen LogP contribution in [-0.4, -0.2) is 44.7 Å². The van der Waals surface area contributed by atoms with Crippen molar-refractivity contribution in [1.29, 1.82) is 0 Å². The monoisotopic (exact) mass is 223 g/mol. The van der Waals surface area contributed by atoms with Gasteiger partial charge in [-0.1, -0.05) is 0 Å². The number of piperidine rings is 1. The third-order valence-electron chi connectivity index (χ3n) is 2.83. The zero-order valence-electron chi connectivity index (χ0n) is 9.25. The van der Waals surface area contributed by atoms with Crippen LogP contribution in [-0.2, 0) is 11.3 Å². The van der Waals surface area contributed by atoms with Gasteiger partial charge in [-0.3, -0.25) is 9.48 Å². The largest absolute Gasteiger partial charge is 0.341 e. The zero-order chi connectivity index (χ0) is 11.4. The van der Waals surface area contributed by atoms with Gasteiger partial charge in [-0.2, -0.15) is 5.10 Å². The van der Waals surface area contributed by atoms with Crippen LogP contribution in [0.4, 0.5) is 0 Å². The van der Waals surface area contributed by atoms with Gasteiger partial charge in [0.15, 0.2) is 0 Å². The Morgan fingerprint density at radius 3 is 3.12 bits per heavy atom. The van der Waals surface area contributed by atoms with Crippen molar-refractivity contribution in [2.45, 2.75) is 31.8 Å². The number of hydrogen-bond acceptors (Lipinski definition) is 4. The molecule has 0 spiro atoms. The van der Waals surface area contributed by atoms with Crippen LogP contribution in [0.2, 0.25) is 0 Å². The molecule has 1 fully saturated rings. The smallest absolute Gasteiger partial charge is 0.224 e. The van der Waals surface area contributed by atoms with Gasteiger partial charge in [-0.15, -0.1) is 0 Å². The molecule has 0 aliphatic carbocycles. The van der Waals surface area contributed by atoms with E-state index in [1.807, 2.05) is 4.90 Å². The molecule has 16 heavy (non-hydrogen) atoms.